The number of halogens is 1. The molecule has 1 atom stereocenters. The van der Waals surface area contributed by atoms with E-state index >= 15 is 0 Å². The molecule has 1 fully saturated rings. The SMILES string of the molecule is COc1cc(Cl)c(C)cc1NC(=O)[C@@H](C)N1CCN(C)CC1. The predicted molar refractivity (Wildman–Crippen MR) is 89.9 cm³/mol. The van der Waals surface area contributed by atoms with E-state index in [9.17, 15) is 4.79 Å². The Morgan fingerprint density at radius 1 is 1.32 bits per heavy atom. The van der Waals surface area contributed by atoms with Crippen LogP contribution in [0.1, 0.15) is 12.5 Å². The summed E-state index contributed by atoms with van der Waals surface area (Å²) < 4.78 is 5.30. The fourth-order valence-corrected chi connectivity index (χ4v) is 2.70. The molecule has 6 heteroatoms. The van der Waals surface area contributed by atoms with Crippen LogP contribution >= 0.6 is 11.6 Å². The standard InChI is InChI=1S/C16H24ClN3O2/c1-11-9-14(15(22-4)10-13(11)17)18-16(21)12(2)20-7-5-19(3)6-8-20/h9-10,12H,5-8H2,1-4H3,(H,18,21)/t12-/m1/s1. The van der Waals surface area contributed by atoms with Crippen molar-refractivity contribution < 1.29 is 9.53 Å². The highest BCUT2D eigenvalue weighted by Gasteiger charge is 2.25. The van der Waals surface area contributed by atoms with Gasteiger partial charge >= 0.3 is 0 Å². The number of carbonyl (C=O) groups excluding carboxylic acids is 1. The van der Waals surface area contributed by atoms with Gasteiger partial charge in [0.1, 0.15) is 5.75 Å². The Kier molecular flexibility index (Phi) is 5.67. The lowest BCUT2D eigenvalue weighted by Gasteiger charge is -2.35. The highest BCUT2D eigenvalue weighted by atomic mass is 35.5. The lowest BCUT2D eigenvalue weighted by molar-refractivity contribution is -0.121. The number of benzene rings is 1. The van der Waals surface area contributed by atoms with Crippen LogP contribution in [0.3, 0.4) is 0 Å². The Morgan fingerprint density at radius 3 is 2.55 bits per heavy atom. The largest absolute Gasteiger partial charge is 0.495 e. The van der Waals surface area contributed by atoms with E-state index in [1.807, 2.05) is 19.9 Å². The van der Waals surface area contributed by atoms with Crippen LogP contribution in [-0.2, 0) is 4.79 Å². The van der Waals surface area contributed by atoms with Gasteiger partial charge in [-0.2, -0.15) is 0 Å². The summed E-state index contributed by atoms with van der Waals surface area (Å²) in [6.07, 6.45) is 0. The number of ether oxygens (including phenoxy) is 1. The normalized spacial score (nSPS) is 18.0. The molecule has 0 bridgehead atoms. The molecule has 2 rings (SSSR count). The first kappa shape index (κ1) is 17.1. The molecule has 0 saturated carbocycles. The van der Waals surface area contributed by atoms with Crippen molar-refractivity contribution in [2.24, 2.45) is 0 Å². The third kappa shape index (κ3) is 3.91. The molecule has 1 saturated heterocycles. The fourth-order valence-electron chi connectivity index (χ4n) is 2.54. The van der Waals surface area contributed by atoms with Crippen molar-refractivity contribution in [1.82, 2.24) is 9.80 Å². The summed E-state index contributed by atoms with van der Waals surface area (Å²) in [7, 11) is 3.67. The average molecular weight is 326 g/mol. The van der Waals surface area contributed by atoms with E-state index in [0.29, 0.717) is 16.5 Å². The van der Waals surface area contributed by atoms with E-state index in [1.54, 1.807) is 13.2 Å². The van der Waals surface area contributed by atoms with Gasteiger partial charge in [0.05, 0.1) is 18.8 Å². The summed E-state index contributed by atoms with van der Waals surface area (Å²) in [4.78, 5) is 17.0. The zero-order chi connectivity index (χ0) is 16.3. The maximum absolute atomic E-state index is 12.5. The van der Waals surface area contributed by atoms with E-state index in [-0.39, 0.29) is 11.9 Å². The van der Waals surface area contributed by atoms with E-state index in [0.717, 1.165) is 31.7 Å². The van der Waals surface area contributed by atoms with E-state index < -0.39 is 0 Å². The molecule has 22 heavy (non-hydrogen) atoms. The van der Waals surface area contributed by atoms with Gasteiger partial charge in [-0.1, -0.05) is 11.6 Å². The number of likely N-dealkylation sites (N-methyl/N-ethyl adjacent to an activating group) is 1. The molecule has 122 valence electrons. The molecule has 1 amide bonds. The quantitative estimate of drug-likeness (QED) is 0.922. The molecular formula is C16H24ClN3O2. The monoisotopic (exact) mass is 325 g/mol. The number of nitrogens with one attached hydrogen (secondary N) is 1. The minimum Gasteiger partial charge on any atom is -0.495 e. The Hall–Kier alpha value is -1.30. The second kappa shape index (κ2) is 7.31. The van der Waals surface area contributed by atoms with Crippen molar-refractivity contribution >= 4 is 23.2 Å². The number of hydrogen-bond donors (Lipinski definition) is 1. The van der Waals surface area contributed by atoms with Crippen LogP contribution in [0.4, 0.5) is 5.69 Å². The molecule has 0 spiro atoms. The van der Waals surface area contributed by atoms with Crippen LogP contribution in [-0.4, -0.2) is 62.1 Å². The molecule has 0 aromatic heterocycles. The molecule has 1 aliphatic rings. The predicted octanol–water partition coefficient (Wildman–Crippen LogP) is 2.23. The Balaban J connectivity index is 2.06. The van der Waals surface area contributed by atoms with Crippen LogP contribution in [0.5, 0.6) is 5.75 Å². The molecule has 0 unspecified atom stereocenters. The topological polar surface area (TPSA) is 44.8 Å². The second-order valence-electron chi connectivity index (χ2n) is 5.81. The van der Waals surface area contributed by atoms with Crippen LogP contribution < -0.4 is 10.1 Å². The number of rotatable bonds is 4. The number of hydrogen-bond acceptors (Lipinski definition) is 4. The molecule has 1 aromatic carbocycles. The number of nitrogens with zero attached hydrogens (tertiary/aromatic N) is 2. The highest BCUT2D eigenvalue weighted by Crippen LogP contribution is 2.31. The van der Waals surface area contributed by atoms with Crippen molar-refractivity contribution in [3.05, 3.63) is 22.7 Å². The zero-order valence-corrected chi connectivity index (χ0v) is 14.4. The molecule has 0 aliphatic carbocycles. The summed E-state index contributed by atoms with van der Waals surface area (Å²) in [6.45, 7) is 7.63. The van der Waals surface area contributed by atoms with Gasteiger partial charge in [-0.05, 0) is 32.5 Å². The van der Waals surface area contributed by atoms with Gasteiger partial charge in [0, 0.05) is 37.3 Å². The minimum atomic E-state index is -0.172. The van der Waals surface area contributed by atoms with E-state index in [4.69, 9.17) is 16.3 Å². The summed E-state index contributed by atoms with van der Waals surface area (Å²) >= 11 is 6.09. The smallest absolute Gasteiger partial charge is 0.241 e. The van der Waals surface area contributed by atoms with Crippen molar-refractivity contribution in [2.75, 3.05) is 45.7 Å². The third-order valence-electron chi connectivity index (χ3n) is 4.20. The maximum atomic E-state index is 12.5. The maximum Gasteiger partial charge on any atom is 0.241 e. The van der Waals surface area contributed by atoms with Crippen molar-refractivity contribution in [1.29, 1.82) is 0 Å². The average Bonchev–Trinajstić information content (AvgIpc) is 2.50. The zero-order valence-electron chi connectivity index (χ0n) is 13.6. The van der Waals surface area contributed by atoms with Crippen molar-refractivity contribution in [3.63, 3.8) is 0 Å². The van der Waals surface area contributed by atoms with Crippen molar-refractivity contribution in [2.45, 2.75) is 19.9 Å². The first-order valence-electron chi connectivity index (χ1n) is 7.50. The number of carbonyl (C=O) groups is 1. The number of anilines is 1. The lowest BCUT2D eigenvalue weighted by Crippen LogP contribution is -2.51. The summed E-state index contributed by atoms with van der Waals surface area (Å²) in [5, 5.41) is 3.59. The minimum absolute atomic E-state index is 0.0235. The van der Waals surface area contributed by atoms with Crippen molar-refractivity contribution in [3.8, 4) is 5.75 Å². The van der Waals surface area contributed by atoms with Gasteiger partial charge in [-0.25, -0.2) is 0 Å². The molecule has 1 heterocycles. The summed E-state index contributed by atoms with van der Waals surface area (Å²) in [5.41, 5.74) is 1.57. The van der Waals surface area contributed by atoms with Crippen LogP contribution in [0.2, 0.25) is 5.02 Å². The highest BCUT2D eigenvalue weighted by molar-refractivity contribution is 6.31. The molecule has 1 aliphatic heterocycles. The van der Waals surface area contributed by atoms with Gasteiger partial charge in [0.2, 0.25) is 5.91 Å². The molecule has 1 aromatic rings. The van der Waals surface area contributed by atoms with Gasteiger partial charge in [-0.15, -0.1) is 0 Å². The van der Waals surface area contributed by atoms with E-state index in [1.165, 1.54) is 0 Å². The molecular weight excluding hydrogens is 302 g/mol. The second-order valence-corrected chi connectivity index (χ2v) is 6.21. The van der Waals surface area contributed by atoms with Gasteiger partial charge in [0.15, 0.2) is 0 Å². The molecule has 1 N–H and O–H groups in total. The lowest BCUT2D eigenvalue weighted by atomic mass is 10.1. The van der Waals surface area contributed by atoms with Crippen LogP contribution in [0.25, 0.3) is 0 Å². The summed E-state index contributed by atoms with van der Waals surface area (Å²) in [5.74, 6) is 0.555. The van der Waals surface area contributed by atoms with Crippen LogP contribution in [0, 0.1) is 6.92 Å². The van der Waals surface area contributed by atoms with Gasteiger partial charge in [-0.3, -0.25) is 9.69 Å². The fraction of sp³-hybridized carbons (Fsp3) is 0.562. The summed E-state index contributed by atoms with van der Waals surface area (Å²) in [6, 6.07) is 3.40. The molecule has 5 nitrogen and oxygen atoms in total. The Bertz CT molecular complexity index is 542. The molecule has 0 radical (unpaired) electrons. The Morgan fingerprint density at radius 2 is 1.95 bits per heavy atom. The number of piperazine rings is 1. The first-order valence-corrected chi connectivity index (χ1v) is 7.87. The van der Waals surface area contributed by atoms with E-state index in [2.05, 4.69) is 22.2 Å². The van der Waals surface area contributed by atoms with Gasteiger partial charge < -0.3 is 15.0 Å². The number of aryl methyl sites for hydroxylation is 1. The third-order valence-corrected chi connectivity index (χ3v) is 4.61. The van der Waals surface area contributed by atoms with Gasteiger partial charge in [0.25, 0.3) is 0 Å². The van der Waals surface area contributed by atoms with Crippen LogP contribution in [0.15, 0.2) is 12.1 Å². The Labute approximate surface area is 137 Å². The number of methoxy groups -OCH3 is 1. The number of amides is 1. The first-order chi connectivity index (χ1) is 10.4.